The number of H-pyrrole nitrogens is 1. The molecule has 27 heavy (non-hydrogen) atoms. The maximum absolute atomic E-state index is 11.9. The fourth-order valence-corrected chi connectivity index (χ4v) is 2.54. The zero-order chi connectivity index (χ0) is 18.9. The van der Waals surface area contributed by atoms with Gasteiger partial charge in [0.15, 0.2) is 0 Å². The molecular weight excluding hydrogens is 340 g/mol. The molecule has 2 aromatic carbocycles. The molecule has 138 valence electrons. The van der Waals surface area contributed by atoms with Gasteiger partial charge in [-0.05, 0) is 35.4 Å². The maximum atomic E-state index is 11.9. The number of benzene rings is 2. The van der Waals surface area contributed by atoms with Crippen LogP contribution >= 0.6 is 0 Å². The summed E-state index contributed by atoms with van der Waals surface area (Å²) in [6, 6.07) is 15.2. The van der Waals surface area contributed by atoms with Crippen molar-refractivity contribution in [3.8, 4) is 5.75 Å². The number of amides is 2. The molecule has 0 unspecified atom stereocenters. The summed E-state index contributed by atoms with van der Waals surface area (Å²) in [5.41, 5.74) is 4.10. The van der Waals surface area contributed by atoms with Crippen LogP contribution in [0, 0.1) is 0 Å². The van der Waals surface area contributed by atoms with Gasteiger partial charge in [0, 0.05) is 30.5 Å². The van der Waals surface area contributed by atoms with Crippen molar-refractivity contribution in [2.24, 2.45) is 0 Å². The molecule has 0 saturated heterocycles. The van der Waals surface area contributed by atoms with E-state index in [0.29, 0.717) is 12.2 Å². The summed E-state index contributed by atoms with van der Waals surface area (Å²) in [7, 11) is 1.61. The molecule has 0 aliphatic heterocycles. The molecule has 1 aromatic heterocycles. The first-order valence-electron chi connectivity index (χ1n) is 8.64. The molecule has 3 N–H and O–H groups in total. The lowest BCUT2D eigenvalue weighted by atomic mass is 10.1. The Morgan fingerprint density at radius 2 is 1.93 bits per heavy atom. The third-order valence-corrected chi connectivity index (χ3v) is 3.97. The monoisotopic (exact) mass is 362 g/mol. The molecule has 0 bridgehead atoms. The molecular formula is C21H22N4O2. The molecule has 3 aromatic rings. The van der Waals surface area contributed by atoms with Crippen molar-refractivity contribution in [3.63, 3.8) is 0 Å². The number of carbonyl (C=O) groups excluding carboxylic acids is 1. The predicted octanol–water partition coefficient (Wildman–Crippen LogP) is 3.84. The summed E-state index contributed by atoms with van der Waals surface area (Å²) in [6.07, 6.45) is 8.24. The number of nitrogens with zero attached hydrogens (tertiary/aromatic N) is 1. The summed E-state index contributed by atoms with van der Waals surface area (Å²) in [6.45, 7) is 0.442. The second-order valence-electron chi connectivity index (χ2n) is 5.96. The van der Waals surface area contributed by atoms with Crippen molar-refractivity contribution in [1.29, 1.82) is 0 Å². The lowest BCUT2D eigenvalue weighted by Gasteiger charge is -2.06. The number of hydrogen-bond donors (Lipinski definition) is 3. The molecule has 1 heterocycles. The number of imidazole rings is 1. The molecule has 0 aliphatic carbocycles. The Labute approximate surface area is 158 Å². The van der Waals surface area contributed by atoms with Crippen LogP contribution in [0.4, 0.5) is 10.5 Å². The fourth-order valence-electron chi connectivity index (χ4n) is 2.54. The molecule has 0 spiro atoms. The predicted molar refractivity (Wildman–Crippen MR) is 107 cm³/mol. The van der Waals surface area contributed by atoms with Crippen molar-refractivity contribution in [2.45, 2.75) is 6.42 Å². The number of ether oxygens (including phenoxy) is 1. The van der Waals surface area contributed by atoms with Gasteiger partial charge in [-0.1, -0.05) is 36.4 Å². The van der Waals surface area contributed by atoms with Gasteiger partial charge in [-0.2, -0.15) is 0 Å². The number of hydrogen-bond acceptors (Lipinski definition) is 3. The minimum absolute atomic E-state index is 0.250. The van der Waals surface area contributed by atoms with Crippen LogP contribution in [0.25, 0.3) is 6.08 Å². The van der Waals surface area contributed by atoms with Gasteiger partial charge in [0.05, 0.1) is 13.4 Å². The summed E-state index contributed by atoms with van der Waals surface area (Å²) in [5, 5.41) is 5.56. The molecule has 0 saturated carbocycles. The number of anilines is 1. The van der Waals surface area contributed by atoms with Crippen molar-refractivity contribution in [2.75, 3.05) is 19.0 Å². The van der Waals surface area contributed by atoms with Gasteiger partial charge >= 0.3 is 6.03 Å². The van der Waals surface area contributed by atoms with E-state index in [-0.39, 0.29) is 6.03 Å². The van der Waals surface area contributed by atoms with Crippen LogP contribution in [0.5, 0.6) is 5.75 Å². The Bertz CT molecular complexity index is 870. The van der Waals surface area contributed by atoms with Crippen LogP contribution in [0.15, 0.2) is 67.1 Å². The molecule has 6 nitrogen and oxygen atoms in total. The molecule has 3 rings (SSSR count). The van der Waals surface area contributed by atoms with E-state index in [0.717, 1.165) is 23.4 Å². The van der Waals surface area contributed by atoms with E-state index in [9.17, 15) is 4.79 Å². The first kappa shape index (κ1) is 18.3. The Morgan fingerprint density at radius 1 is 1.15 bits per heavy atom. The summed E-state index contributed by atoms with van der Waals surface area (Å²) < 4.78 is 5.09. The van der Waals surface area contributed by atoms with Crippen LogP contribution < -0.4 is 15.4 Å². The first-order valence-corrected chi connectivity index (χ1v) is 8.64. The number of carbonyl (C=O) groups is 1. The van der Waals surface area contributed by atoms with Crippen LogP contribution in [-0.4, -0.2) is 29.7 Å². The largest absolute Gasteiger partial charge is 0.497 e. The molecule has 0 atom stereocenters. The van der Waals surface area contributed by atoms with Crippen LogP contribution in [0.2, 0.25) is 0 Å². The van der Waals surface area contributed by atoms with Gasteiger partial charge in [0.25, 0.3) is 0 Å². The number of rotatable bonds is 7. The van der Waals surface area contributed by atoms with E-state index in [2.05, 4.69) is 44.9 Å². The Kier molecular flexibility index (Phi) is 6.25. The summed E-state index contributed by atoms with van der Waals surface area (Å²) >= 11 is 0. The van der Waals surface area contributed by atoms with Crippen LogP contribution in [-0.2, 0) is 6.42 Å². The zero-order valence-corrected chi connectivity index (χ0v) is 15.1. The van der Waals surface area contributed by atoms with Gasteiger partial charge in [-0.3, -0.25) is 0 Å². The Balaban J connectivity index is 1.42. The quantitative estimate of drug-likeness (QED) is 0.597. The Morgan fingerprint density at radius 3 is 2.59 bits per heavy atom. The lowest BCUT2D eigenvalue weighted by Crippen LogP contribution is -2.28. The molecule has 2 amide bonds. The van der Waals surface area contributed by atoms with Gasteiger partial charge in [-0.15, -0.1) is 0 Å². The topological polar surface area (TPSA) is 79.0 Å². The highest BCUT2D eigenvalue weighted by Crippen LogP contribution is 2.14. The zero-order valence-electron chi connectivity index (χ0n) is 15.1. The minimum Gasteiger partial charge on any atom is -0.497 e. The molecule has 0 aliphatic rings. The van der Waals surface area contributed by atoms with Crippen LogP contribution in [0.1, 0.15) is 16.8 Å². The normalized spacial score (nSPS) is 10.7. The van der Waals surface area contributed by atoms with Crippen molar-refractivity contribution < 1.29 is 9.53 Å². The van der Waals surface area contributed by atoms with Gasteiger partial charge in [0.1, 0.15) is 5.75 Å². The highest BCUT2D eigenvalue weighted by atomic mass is 16.5. The average Bonchev–Trinajstić information content (AvgIpc) is 3.20. The number of nitrogens with one attached hydrogen (secondary N) is 3. The van der Waals surface area contributed by atoms with E-state index in [1.165, 1.54) is 5.56 Å². The number of aromatic nitrogens is 2. The lowest BCUT2D eigenvalue weighted by molar-refractivity contribution is 0.253. The second-order valence-corrected chi connectivity index (χ2v) is 5.96. The SMILES string of the molecule is COc1ccc(NC(=O)NC/C=C/c2ccc(Cc3cnc[nH]3)cc2)cc1. The second kappa shape index (κ2) is 9.24. The third-order valence-electron chi connectivity index (χ3n) is 3.97. The maximum Gasteiger partial charge on any atom is 0.319 e. The van der Waals surface area contributed by atoms with E-state index >= 15 is 0 Å². The summed E-state index contributed by atoms with van der Waals surface area (Å²) in [4.78, 5) is 19.0. The van der Waals surface area contributed by atoms with E-state index in [4.69, 9.17) is 4.74 Å². The third kappa shape index (κ3) is 5.74. The highest BCUT2D eigenvalue weighted by molar-refractivity contribution is 5.89. The van der Waals surface area contributed by atoms with Gasteiger partial charge in [0.2, 0.25) is 0 Å². The van der Waals surface area contributed by atoms with Crippen molar-refractivity contribution in [3.05, 3.63) is 84.0 Å². The van der Waals surface area contributed by atoms with Gasteiger partial charge < -0.3 is 20.4 Å². The highest BCUT2D eigenvalue weighted by Gasteiger charge is 2.00. The van der Waals surface area contributed by atoms with E-state index in [1.54, 1.807) is 37.7 Å². The fraction of sp³-hybridized carbons (Fsp3) is 0.143. The summed E-state index contributed by atoms with van der Waals surface area (Å²) in [5.74, 6) is 0.750. The number of methoxy groups -OCH3 is 1. The molecule has 0 fully saturated rings. The molecule has 6 heteroatoms. The number of aromatic amines is 1. The van der Waals surface area contributed by atoms with E-state index in [1.807, 2.05) is 18.3 Å². The van der Waals surface area contributed by atoms with E-state index < -0.39 is 0 Å². The molecule has 0 radical (unpaired) electrons. The van der Waals surface area contributed by atoms with Crippen LogP contribution in [0.3, 0.4) is 0 Å². The Hall–Kier alpha value is -3.54. The van der Waals surface area contributed by atoms with Crippen molar-refractivity contribution in [1.82, 2.24) is 15.3 Å². The smallest absolute Gasteiger partial charge is 0.319 e. The van der Waals surface area contributed by atoms with Gasteiger partial charge in [-0.25, -0.2) is 9.78 Å². The standard InChI is InChI=1S/C21H22N4O2/c1-27-20-10-8-18(9-11-20)25-21(26)23-12-2-3-16-4-6-17(7-5-16)13-19-14-22-15-24-19/h2-11,14-15H,12-13H2,1H3,(H,22,24)(H2,23,25,26)/b3-2+. The minimum atomic E-state index is -0.250. The van der Waals surface area contributed by atoms with Crippen molar-refractivity contribution >= 4 is 17.8 Å². The number of urea groups is 1. The first-order chi connectivity index (χ1) is 13.2. The average molecular weight is 362 g/mol.